The Kier molecular flexibility index (Phi) is 6.23. The Balaban J connectivity index is 1.53. The molecule has 5 nitrogen and oxygen atoms in total. The van der Waals surface area contributed by atoms with Gasteiger partial charge in [-0.3, -0.25) is 9.59 Å². The van der Waals surface area contributed by atoms with Crippen molar-refractivity contribution in [1.82, 2.24) is 9.78 Å². The molecular formula is C26H23N3O2S. The minimum atomic E-state index is -0.231. The van der Waals surface area contributed by atoms with Crippen molar-refractivity contribution < 1.29 is 4.79 Å². The molecule has 0 aliphatic heterocycles. The van der Waals surface area contributed by atoms with Crippen LogP contribution >= 0.6 is 11.8 Å². The maximum atomic E-state index is 12.6. The standard InChI is InChI=1S/C26H23N3O2S/c1-17-4-11-22(12-5-17)32-24-14-15-25(30)29(28-24)21-9-7-20(8-10-21)26(31)27-23-13-6-18(2)16-19(23)3/h4-16H,1-3H3,(H,27,31). The maximum absolute atomic E-state index is 12.6. The molecule has 0 spiro atoms. The van der Waals surface area contributed by atoms with Crippen molar-refractivity contribution in [3.05, 3.63) is 111 Å². The molecule has 0 saturated carbocycles. The number of amides is 1. The van der Waals surface area contributed by atoms with Crippen LogP contribution in [0.15, 0.2) is 93.6 Å². The van der Waals surface area contributed by atoms with Crippen molar-refractivity contribution in [3.8, 4) is 5.69 Å². The molecule has 0 fully saturated rings. The molecule has 6 heteroatoms. The lowest BCUT2D eigenvalue weighted by Crippen LogP contribution is -2.20. The second-order valence-electron chi connectivity index (χ2n) is 7.66. The average molecular weight is 442 g/mol. The second-order valence-corrected chi connectivity index (χ2v) is 8.75. The topological polar surface area (TPSA) is 64.0 Å². The first-order valence-electron chi connectivity index (χ1n) is 10.2. The first-order chi connectivity index (χ1) is 15.4. The minimum absolute atomic E-state index is 0.201. The number of aromatic nitrogens is 2. The number of hydrogen-bond donors (Lipinski definition) is 1. The van der Waals surface area contributed by atoms with Crippen molar-refractivity contribution >= 4 is 23.4 Å². The van der Waals surface area contributed by atoms with E-state index in [0.717, 1.165) is 21.7 Å². The molecule has 4 aromatic rings. The van der Waals surface area contributed by atoms with Crippen LogP contribution in [0.2, 0.25) is 0 Å². The molecular weight excluding hydrogens is 418 g/mol. The van der Waals surface area contributed by atoms with E-state index in [9.17, 15) is 9.59 Å². The van der Waals surface area contributed by atoms with Gasteiger partial charge in [-0.1, -0.05) is 47.2 Å². The van der Waals surface area contributed by atoms with Gasteiger partial charge in [-0.05, 0) is 74.9 Å². The average Bonchev–Trinajstić information content (AvgIpc) is 2.78. The van der Waals surface area contributed by atoms with Gasteiger partial charge in [-0.2, -0.15) is 9.78 Å². The van der Waals surface area contributed by atoms with Gasteiger partial charge in [0.1, 0.15) is 5.03 Å². The molecule has 1 amide bonds. The highest BCUT2D eigenvalue weighted by Gasteiger charge is 2.10. The van der Waals surface area contributed by atoms with Crippen LogP contribution in [0.1, 0.15) is 27.0 Å². The predicted molar refractivity (Wildman–Crippen MR) is 129 cm³/mol. The molecule has 160 valence electrons. The molecule has 0 aliphatic carbocycles. The SMILES string of the molecule is Cc1ccc(Sc2ccc(=O)n(-c3ccc(C(=O)Nc4ccc(C)cc4C)cc3)n2)cc1. The van der Waals surface area contributed by atoms with E-state index < -0.39 is 0 Å². The lowest BCUT2D eigenvalue weighted by Gasteiger charge is -2.10. The van der Waals surface area contributed by atoms with Crippen LogP contribution in [0.3, 0.4) is 0 Å². The Morgan fingerprint density at radius 2 is 1.53 bits per heavy atom. The first kappa shape index (κ1) is 21.6. The first-order valence-corrected chi connectivity index (χ1v) is 11.0. The van der Waals surface area contributed by atoms with Crippen molar-refractivity contribution in [2.24, 2.45) is 0 Å². The van der Waals surface area contributed by atoms with E-state index in [1.807, 2.05) is 63.2 Å². The largest absolute Gasteiger partial charge is 0.322 e. The van der Waals surface area contributed by atoms with Crippen LogP contribution in [0.25, 0.3) is 5.69 Å². The molecule has 0 saturated heterocycles. The van der Waals surface area contributed by atoms with Crippen LogP contribution in [-0.2, 0) is 0 Å². The number of benzene rings is 3. The van der Waals surface area contributed by atoms with Crippen LogP contribution in [0, 0.1) is 20.8 Å². The molecule has 3 aromatic carbocycles. The number of anilines is 1. The smallest absolute Gasteiger partial charge is 0.271 e. The molecule has 32 heavy (non-hydrogen) atoms. The summed E-state index contributed by atoms with van der Waals surface area (Å²) < 4.78 is 1.35. The van der Waals surface area contributed by atoms with Crippen LogP contribution in [0.4, 0.5) is 5.69 Å². The molecule has 0 aliphatic rings. The minimum Gasteiger partial charge on any atom is -0.322 e. The summed E-state index contributed by atoms with van der Waals surface area (Å²) in [6.07, 6.45) is 0. The lowest BCUT2D eigenvalue weighted by molar-refractivity contribution is 0.102. The van der Waals surface area contributed by atoms with Crippen molar-refractivity contribution in [2.45, 2.75) is 30.7 Å². The fourth-order valence-electron chi connectivity index (χ4n) is 3.26. The number of aryl methyl sites for hydroxylation is 3. The van der Waals surface area contributed by atoms with Gasteiger partial charge in [0.15, 0.2) is 0 Å². The highest BCUT2D eigenvalue weighted by atomic mass is 32.2. The Hall–Kier alpha value is -3.64. The van der Waals surface area contributed by atoms with Gasteiger partial charge in [0.05, 0.1) is 5.69 Å². The molecule has 1 aromatic heterocycles. The fourth-order valence-corrected chi connectivity index (χ4v) is 4.04. The Labute approximate surface area is 191 Å². The van der Waals surface area contributed by atoms with Gasteiger partial charge in [-0.15, -0.1) is 0 Å². The van der Waals surface area contributed by atoms with E-state index in [2.05, 4.69) is 10.4 Å². The van der Waals surface area contributed by atoms with Crippen LogP contribution in [-0.4, -0.2) is 15.7 Å². The van der Waals surface area contributed by atoms with Crippen LogP contribution < -0.4 is 10.9 Å². The van der Waals surface area contributed by atoms with E-state index in [-0.39, 0.29) is 11.5 Å². The van der Waals surface area contributed by atoms with Gasteiger partial charge >= 0.3 is 0 Å². The van der Waals surface area contributed by atoms with Crippen molar-refractivity contribution in [1.29, 1.82) is 0 Å². The summed E-state index contributed by atoms with van der Waals surface area (Å²) in [5, 5.41) is 8.14. The molecule has 0 unspecified atom stereocenters. The summed E-state index contributed by atoms with van der Waals surface area (Å²) >= 11 is 1.49. The van der Waals surface area contributed by atoms with E-state index in [1.165, 1.54) is 28.1 Å². The third-order valence-electron chi connectivity index (χ3n) is 5.02. The third-order valence-corrected chi connectivity index (χ3v) is 5.96. The predicted octanol–water partition coefficient (Wildman–Crippen LogP) is 5.56. The monoisotopic (exact) mass is 441 g/mol. The quantitative estimate of drug-likeness (QED) is 0.440. The fraction of sp³-hybridized carbons (Fsp3) is 0.115. The molecule has 1 heterocycles. The second kappa shape index (κ2) is 9.24. The molecule has 0 atom stereocenters. The summed E-state index contributed by atoms with van der Waals surface area (Å²) in [5.41, 5.74) is 5.00. The van der Waals surface area contributed by atoms with Gasteiger partial charge in [-0.25, -0.2) is 0 Å². The third kappa shape index (κ3) is 4.98. The van der Waals surface area contributed by atoms with E-state index >= 15 is 0 Å². The van der Waals surface area contributed by atoms with Crippen LogP contribution in [0.5, 0.6) is 0 Å². The maximum Gasteiger partial charge on any atom is 0.271 e. The summed E-state index contributed by atoms with van der Waals surface area (Å²) in [6, 6.07) is 24.1. The summed E-state index contributed by atoms with van der Waals surface area (Å²) in [5.74, 6) is -0.201. The Morgan fingerprint density at radius 1 is 0.844 bits per heavy atom. The highest BCUT2D eigenvalue weighted by molar-refractivity contribution is 7.99. The summed E-state index contributed by atoms with van der Waals surface area (Å²) in [6.45, 7) is 6.02. The number of carbonyl (C=O) groups is 1. The van der Waals surface area contributed by atoms with Crippen molar-refractivity contribution in [2.75, 3.05) is 5.32 Å². The number of nitrogens with one attached hydrogen (secondary N) is 1. The van der Waals surface area contributed by atoms with Gasteiger partial charge in [0.2, 0.25) is 0 Å². The molecule has 0 bridgehead atoms. The summed E-state index contributed by atoms with van der Waals surface area (Å²) in [4.78, 5) is 26.1. The van der Waals surface area contributed by atoms with Gasteiger partial charge in [0, 0.05) is 22.2 Å². The zero-order valence-corrected chi connectivity index (χ0v) is 18.9. The Bertz CT molecular complexity index is 1330. The zero-order chi connectivity index (χ0) is 22.7. The van der Waals surface area contributed by atoms with Crippen molar-refractivity contribution in [3.63, 3.8) is 0 Å². The number of rotatable bonds is 5. The number of carbonyl (C=O) groups excluding carboxylic acids is 1. The normalized spacial score (nSPS) is 10.7. The number of hydrogen-bond acceptors (Lipinski definition) is 4. The molecule has 1 N–H and O–H groups in total. The molecule has 0 radical (unpaired) electrons. The highest BCUT2D eigenvalue weighted by Crippen LogP contribution is 2.25. The van der Waals surface area contributed by atoms with Gasteiger partial charge in [0.25, 0.3) is 11.5 Å². The summed E-state index contributed by atoms with van der Waals surface area (Å²) in [7, 11) is 0. The van der Waals surface area contributed by atoms with E-state index in [4.69, 9.17) is 0 Å². The number of nitrogens with zero attached hydrogens (tertiary/aromatic N) is 2. The Morgan fingerprint density at radius 3 is 2.22 bits per heavy atom. The van der Waals surface area contributed by atoms with Gasteiger partial charge < -0.3 is 5.32 Å². The molecule has 4 rings (SSSR count). The lowest BCUT2D eigenvalue weighted by atomic mass is 10.1. The van der Waals surface area contributed by atoms with E-state index in [0.29, 0.717) is 16.3 Å². The zero-order valence-electron chi connectivity index (χ0n) is 18.1. The van der Waals surface area contributed by atoms with E-state index in [1.54, 1.807) is 30.3 Å².